The van der Waals surface area contributed by atoms with E-state index in [2.05, 4.69) is 29.2 Å². The number of hydrogen-bond donors (Lipinski definition) is 0. The van der Waals surface area contributed by atoms with Crippen molar-refractivity contribution < 1.29 is 4.79 Å². The van der Waals surface area contributed by atoms with Crippen LogP contribution in [0.4, 0.5) is 0 Å². The predicted octanol–water partition coefficient (Wildman–Crippen LogP) is 4.09. The number of Topliss-reactive ketones (excluding diaryl/α,β-unsaturated/α-hetero) is 1. The minimum absolute atomic E-state index is 0.0656. The molecule has 1 aromatic carbocycles. The van der Waals surface area contributed by atoms with E-state index < -0.39 is 0 Å². The van der Waals surface area contributed by atoms with E-state index in [9.17, 15) is 4.79 Å². The van der Waals surface area contributed by atoms with E-state index in [1.807, 2.05) is 13.0 Å². The molecule has 0 unspecified atom stereocenters. The van der Waals surface area contributed by atoms with Gasteiger partial charge in [0.05, 0.1) is 5.02 Å². The van der Waals surface area contributed by atoms with Gasteiger partial charge >= 0.3 is 0 Å². The summed E-state index contributed by atoms with van der Waals surface area (Å²) in [6, 6.07) is 5.34. The molecule has 0 aliphatic rings. The molecule has 0 fully saturated rings. The largest absolute Gasteiger partial charge is 0.294 e. The van der Waals surface area contributed by atoms with Crippen molar-refractivity contribution in [2.24, 2.45) is 0 Å². The maximum atomic E-state index is 11.6. The van der Waals surface area contributed by atoms with Crippen LogP contribution in [0.25, 0.3) is 0 Å². The number of rotatable bonds is 3. The summed E-state index contributed by atoms with van der Waals surface area (Å²) in [5.74, 6) is 0.0656. The molecule has 1 aromatic rings. The van der Waals surface area contributed by atoms with Crippen molar-refractivity contribution in [2.75, 3.05) is 0 Å². The van der Waals surface area contributed by atoms with E-state index in [-0.39, 0.29) is 5.78 Å². The Morgan fingerprint density at radius 2 is 2.21 bits per heavy atom. The molecule has 0 atom stereocenters. The van der Waals surface area contributed by atoms with Crippen molar-refractivity contribution in [2.45, 2.75) is 13.3 Å². The lowest BCUT2D eigenvalue weighted by Gasteiger charge is -2.02. The highest BCUT2D eigenvalue weighted by atomic mass is 127. The summed E-state index contributed by atoms with van der Waals surface area (Å²) in [5, 5.41) is 0.623. The van der Waals surface area contributed by atoms with E-state index in [0.717, 1.165) is 9.14 Å². The van der Waals surface area contributed by atoms with E-state index >= 15 is 0 Å². The van der Waals surface area contributed by atoms with Crippen molar-refractivity contribution >= 4 is 40.0 Å². The van der Waals surface area contributed by atoms with Crippen molar-refractivity contribution in [1.82, 2.24) is 0 Å². The van der Waals surface area contributed by atoms with Gasteiger partial charge < -0.3 is 0 Å². The minimum Gasteiger partial charge on any atom is -0.294 e. The third-order valence-corrected chi connectivity index (χ3v) is 3.28. The Hall–Kier alpha value is -0.350. The van der Waals surface area contributed by atoms with Crippen LogP contribution in [0, 0.1) is 3.57 Å². The van der Waals surface area contributed by atoms with Crippen LogP contribution in [0.1, 0.15) is 23.7 Å². The van der Waals surface area contributed by atoms with Gasteiger partial charge in [-0.05, 0) is 41.6 Å². The molecule has 0 aliphatic heterocycles. The summed E-state index contributed by atoms with van der Waals surface area (Å²) in [6.45, 7) is 5.54. The minimum atomic E-state index is 0.0656. The normalized spacial score (nSPS) is 9.93. The van der Waals surface area contributed by atoms with Gasteiger partial charge in [0.1, 0.15) is 0 Å². The number of ketones is 1. The first kappa shape index (κ1) is 11.7. The lowest BCUT2D eigenvalue weighted by molar-refractivity contribution is 0.0993. The third kappa shape index (κ3) is 3.10. The van der Waals surface area contributed by atoms with Gasteiger partial charge in [0.25, 0.3) is 0 Å². The lowest BCUT2D eigenvalue weighted by atomic mass is 10.1. The smallest absolute Gasteiger partial charge is 0.166 e. The molecule has 0 amide bonds. The molecule has 3 heteroatoms. The second-order valence-electron chi connectivity index (χ2n) is 3.19. The van der Waals surface area contributed by atoms with Crippen LogP contribution in [0.2, 0.25) is 5.02 Å². The molecule has 0 N–H and O–H groups in total. The molecular formula is C11H10ClIO. The van der Waals surface area contributed by atoms with Gasteiger partial charge in [-0.1, -0.05) is 29.8 Å². The average molecular weight is 321 g/mol. The first-order valence-electron chi connectivity index (χ1n) is 4.13. The molecule has 0 bridgehead atoms. The molecule has 0 saturated carbocycles. The number of allylic oxidation sites excluding steroid dienone is 1. The van der Waals surface area contributed by atoms with Gasteiger partial charge in [-0.15, -0.1) is 0 Å². The zero-order chi connectivity index (χ0) is 10.7. The summed E-state index contributed by atoms with van der Waals surface area (Å²) in [7, 11) is 0. The fourth-order valence-electron chi connectivity index (χ4n) is 1.05. The van der Waals surface area contributed by atoms with Gasteiger partial charge in [0, 0.05) is 15.6 Å². The molecule has 1 rings (SSSR count). The highest BCUT2D eigenvalue weighted by molar-refractivity contribution is 14.1. The second-order valence-corrected chi connectivity index (χ2v) is 4.76. The van der Waals surface area contributed by atoms with Crippen LogP contribution in [0.15, 0.2) is 30.4 Å². The first-order chi connectivity index (χ1) is 6.50. The van der Waals surface area contributed by atoms with Crippen LogP contribution in [0.5, 0.6) is 0 Å². The Bertz CT molecular complexity index is 385. The van der Waals surface area contributed by atoms with Crippen molar-refractivity contribution in [3.05, 3.63) is 44.5 Å². The maximum absolute atomic E-state index is 11.6. The maximum Gasteiger partial charge on any atom is 0.166 e. The molecule has 0 radical (unpaired) electrons. The molecule has 0 spiro atoms. The monoisotopic (exact) mass is 320 g/mol. The zero-order valence-corrected chi connectivity index (χ0v) is 10.7. The van der Waals surface area contributed by atoms with E-state index in [0.29, 0.717) is 17.0 Å². The summed E-state index contributed by atoms with van der Waals surface area (Å²) < 4.78 is 0.955. The summed E-state index contributed by atoms with van der Waals surface area (Å²) in [5.41, 5.74) is 1.52. The predicted molar refractivity (Wildman–Crippen MR) is 67.9 cm³/mol. The van der Waals surface area contributed by atoms with Gasteiger partial charge in [-0.25, -0.2) is 0 Å². The fraction of sp³-hybridized carbons (Fsp3) is 0.182. The Balaban J connectivity index is 2.91. The number of carbonyl (C=O) groups excluding carboxylic acids is 1. The third-order valence-electron chi connectivity index (χ3n) is 1.70. The fourth-order valence-corrected chi connectivity index (χ4v) is 1.56. The second kappa shape index (κ2) is 4.94. The van der Waals surface area contributed by atoms with Crippen LogP contribution in [-0.4, -0.2) is 5.78 Å². The lowest BCUT2D eigenvalue weighted by Crippen LogP contribution is -1.99. The van der Waals surface area contributed by atoms with Crippen molar-refractivity contribution in [3.63, 3.8) is 0 Å². The summed E-state index contributed by atoms with van der Waals surface area (Å²) in [4.78, 5) is 11.6. The summed E-state index contributed by atoms with van der Waals surface area (Å²) in [6.07, 6.45) is 0.386. The number of benzene rings is 1. The van der Waals surface area contributed by atoms with Gasteiger partial charge in [-0.2, -0.15) is 0 Å². The molecule has 74 valence electrons. The van der Waals surface area contributed by atoms with Crippen LogP contribution < -0.4 is 0 Å². The Kier molecular flexibility index (Phi) is 4.13. The number of halogens is 2. The highest BCUT2D eigenvalue weighted by Crippen LogP contribution is 2.20. The molecule has 0 aromatic heterocycles. The topological polar surface area (TPSA) is 17.1 Å². The molecule has 0 saturated heterocycles. The van der Waals surface area contributed by atoms with E-state index in [4.69, 9.17) is 11.6 Å². The molecule has 0 heterocycles. The molecule has 14 heavy (non-hydrogen) atoms. The first-order valence-corrected chi connectivity index (χ1v) is 5.59. The van der Waals surface area contributed by atoms with Crippen LogP contribution in [-0.2, 0) is 0 Å². The van der Waals surface area contributed by atoms with Gasteiger partial charge in [0.2, 0.25) is 0 Å². The van der Waals surface area contributed by atoms with Crippen LogP contribution in [0.3, 0.4) is 0 Å². The quantitative estimate of drug-likeness (QED) is 0.466. The number of carbonyl (C=O) groups is 1. The Morgan fingerprint density at radius 3 is 2.71 bits per heavy atom. The van der Waals surface area contributed by atoms with Gasteiger partial charge in [-0.3, -0.25) is 4.79 Å². The number of hydrogen-bond acceptors (Lipinski definition) is 1. The van der Waals surface area contributed by atoms with Crippen LogP contribution >= 0.6 is 34.2 Å². The van der Waals surface area contributed by atoms with Gasteiger partial charge in [0.15, 0.2) is 5.78 Å². The van der Waals surface area contributed by atoms with Crippen molar-refractivity contribution in [3.8, 4) is 0 Å². The molecular weight excluding hydrogens is 310 g/mol. The molecule has 0 aliphatic carbocycles. The van der Waals surface area contributed by atoms with E-state index in [1.165, 1.54) is 0 Å². The van der Waals surface area contributed by atoms with E-state index in [1.54, 1.807) is 12.1 Å². The Morgan fingerprint density at radius 1 is 1.57 bits per heavy atom. The molecule has 1 nitrogen and oxygen atoms in total. The average Bonchev–Trinajstić information content (AvgIpc) is 2.08. The highest BCUT2D eigenvalue weighted by Gasteiger charge is 2.07. The SMILES string of the molecule is C=C(C)CC(=O)c1ccc(I)c(Cl)c1. The standard InChI is InChI=1S/C11H10ClIO/c1-7(2)5-11(14)8-3-4-10(13)9(12)6-8/h3-4,6H,1,5H2,2H3. The summed E-state index contributed by atoms with van der Waals surface area (Å²) >= 11 is 8.04. The Labute approximate surface area is 102 Å². The zero-order valence-electron chi connectivity index (χ0n) is 7.81. The van der Waals surface area contributed by atoms with Crippen molar-refractivity contribution in [1.29, 1.82) is 0 Å².